The molecule has 2 rings (SSSR count). The summed E-state index contributed by atoms with van der Waals surface area (Å²) in [6.45, 7) is 11.1. The van der Waals surface area contributed by atoms with Crippen molar-refractivity contribution in [2.24, 2.45) is 40.9 Å². The van der Waals surface area contributed by atoms with Crippen LogP contribution in [0.25, 0.3) is 0 Å². The molecule has 5 unspecified atom stereocenters. The van der Waals surface area contributed by atoms with Gasteiger partial charge in [0.15, 0.2) is 0 Å². The van der Waals surface area contributed by atoms with Gasteiger partial charge in [0.25, 0.3) is 0 Å². The molecule has 0 N–H and O–H groups in total. The Hall–Kier alpha value is -1.04. The molecule has 0 aliphatic heterocycles. The van der Waals surface area contributed by atoms with Crippen molar-refractivity contribution in [1.29, 1.82) is 5.26 Å². The summed E-state index contributed by atoms with van der Waals surface area (Å²) in [5.41, 5.74) is -0.402. The Kier molecular flexibility index (Phi) is 5.20. The minimum absolute atomic E-state index is 0.0486. The molecule has 22 heavy (non-hydrogen) atoms. The molecule has 2 fully saturated rings. The number of carbonyl (C=O) groups is 1. The lowest BCUT2D eigenvalue weighted by Gasteiger charge is -2.34. The van der Waals surface area contributed by atoms with Crippen molar-refractivity contribution in [3.63, 3.8) is 0 Å². The fourth-order valence-electron chi connectivity index (χ4n) is 4.59. The molecule has 0 aromatic rings. The van der Waals surface area contributed by atoms with Gasteiger partial charge in [-0.3, -0.25) is 4.79 Å². The van der Waals surface area contributed by atoms with Crippen LogP contribution in [0.3, 0.4) is 0 Å². The minimum Gasteiger partial charge on any atom is -0.465 e. The van der Waals surface area contributed by atoms with Crippen molar-refractivity contribution in [1.82, 2.24) is 0 Å². The van der Waals surface area contributed by atoms with Gasteiger partial charge in [0.05, 0.1) is 18.1 Å². The van der Waals surface area contributed by atoms with Crippen molar-refractivity contribution in [2.45, 2.75) is 60.3 Å². The number of hydrogen-bond donors (Lipinski definition) is 0. The number of esters is 1. The highest BCUT2D eigenvalue weighted by atomic mass is 16.5. The van der Waals surface area contributed by atoms with Gasteiger partial charge in [-0.25, -0.2) is 0 Å². The molecular formula is C19H31NO2. The van der Waals surface area contributed by atoms with Crippen LogP contribution >= 0.6 is 0 Å². The van der Waals surface area contributed by atoms with E-state index in [-0.39, 0.29) is 17.8 Å². The third-order valence-corrected chi connectivity index (χ3v) is 6.12. The predicted octanol–water partition coefficient (Wildman–Crippen LogP) is 4.42. The van der Waals surface area contributed by atoms with E-state index in [4.69, 9.17) is 4.74 Å². The Labute approximate surface area is 135 Å². The molecule has 0 heterocycles. The van der Waals surface area contributed by atoms with E-state index in [2.05, 4.69) is 33.8 Å². The second kappa shape index (κ2) is 6.60. The molecule has 0 aromatic heterocycles. The van der Waals surface area contributed by atoms with Gasteiger partial charge in [0.2, 0.25) is 0 Å². The SMILES string of the molecule is CC(C)CC(C)(C(=O)OCC1CC2CC(C#N)C1C2)C(C)C. The monoisotopic (exact) mass is 305 g/mol. The Morgan fingerprint density at radius 2 is 1.95 bits per heavy atom. The van der Waals surface area contributed by atoms with E-state index in [1.54, 1.807) is 0 Å². The highest BCUT2D eigenvalue weighted by Crippen LogP contribution is 2.51. The second-order valence-electron chi connectivity index (χ2n) is 8.50. The molecule has 0 radical (unpaired) electrons. The van der Waals surface area contributed by atoms with Crippen LogP contribution in [0.1, 0.15) is 60.3 Å². The third-order valence-electron chi connectivity index (χ3n) is 6.12. The van der Waals surface area contributed by atoms with Crippen LogP contribution < -0.4 is 0 Å². The van der Waals surface area contributed by atoms with Crippen molar-refractivity contribution in [3.05, 3.63) is 0 Å². The molecule has 2 aliphatic rings. The molecular weight excluding hydrogens is 274 g/mol. The van der Waals surface area contributed by atoms with Crippen LogP contribution in [0.15, 0.2) is 0 Å². The summed E-state index contributed by atoms with van der Waals surface area (Å²) in [6, 6.07) is 2.45. The maximum absolute atomic E-state index is 12.7. The van der Waals surface area contributed by atoms with Crippen molar-refractivity contribution in [2.75, 3.05) is 6.61 Å². The van der Waals surface area contributed by atoms with Gasteiger partial charge in [-0.1, -0.05) is 27.7 Å². The fraction of sp³-hybridized carbons (Fsp3) is 0.895. The van der Waals surface area contributed by atoms with Gasteiger partial charge in [-0.15, -0.1) is 0 Å². The predicted molar refractivity (Wildman–Crippen MR) is 86.8 cm³/mol. The van der Waals surface area contributed by atoms with E-state index >= 15 is 0 Å². The molecule has 3 nitrogen and oxygen atoms in total. The van der Waals surface area contributed by atoms with Gasteiger partial charge in [0, 0.05) is 5.92 Å². The van der Waals surface area contributed by atoms with Gasteiger partial charge < -0.3 is 4.74 Å². The standard InChI is InChI=1S/C19H31NO2/c1-12(2)9-19(5,13(3)4)18(21)22-11-16-7-14-6-15(10-20)17(16)8-14/h12-17H,6-9,11H2,1-5H3. The smallest absolute Gasteiger partial charge is 0.312 e. The highest BCUT2D eigenvalue weighted by Gasteiger charge is 2.47. The maximum atomic E-state index is 12.7. The highest BCUT2D eigenvalue weighted by molar-refractivity contribution is 5.76. The van der Waals surface area contributed by atoms with Crippen LogP contribution in [0, 0.1) is 52.3 Å². The van der Waals surface area contributed by atoms with Gasteiger partial charge in [0.1, 0.15) is 0 Å². The second-order valence-corrected chi connectivity index (χ2v) is 8.50. The zero-order valence-electron chi connectivity index (χ0n) is 14.8. The Morgan fingerprint density at radius 1 is 1.27 bits per heavy atom. The van der Waals surface area contributed by atoms with Crippen LogP contribution in [0.2, 0.25) is 0 Å². The summed E-state index contributed by atoms with van der Waals surface area (Å²) in [5.74, 6) is 2.44. The molecule has 2 aliphatic carbocycles. The maximum Gasteiger partial charge on any atom is 0.312 e. The minimum atomic E-state index is -0.402. The molecule has 5 atom stereocenters. The Morgan fingerprint density at radius 3 is 2.45 bits per heavy atom. The van der Waals surface area contributed by atoms with E-state index in [0.29, 0.717) is 30.3 Å². The zero-order valence-corrected chi connectivity index (χ0v) is 14.8. The largest absolute Gasteiger partial charge is 0.465 e. The molecule has 2 bridgehead atoms. The van der Waals surface area contributed by atoms with Crippen molar-refractivity contribution >= 4 is 5.97 Å². The van der Waals surface area contributed by atoms with E-state index < -0.39 is 5.41 Å². The quantitative estimate of drug-likeness (QED) is 0.682. The first kappa shape index (κ1) is 17.3. The third kappa shape index (κ3) is 3.31. The topological polar surface area (TPSA) is 50.1 Å². The molecule has 0 amide bonds. The number of ether oxygens (including phenoxy) is 1. The van der Waals surface area contributed by atoms with Crippen LogP contribution in [0.4, 0.5) is 0 Å². The van der Waals surface area contributed by atoms with Crippen LogP contribution in [-0.2, 0) is 9.53 Å². The molecule has 124 valence electrons. The summed E-state index contributed by atoms with van der Waals surface area (Å²) >= 11 is 0. The average molecular weight is 305 g/mol. The number of carbonyl (C=O) groups excluding carboxylic acids is 1. The molecule has 2 saturated carbocycles. The summed E-state index contributed by atoms with van der Waals surface area (Å²) in [4.78, 5) is 12.7. The zero-order chi connectivity index (χ0) is 16.5. The Balaban J connectivity index is 1.93. The van der Waals surface area contributed by atoms with Crippen molar-refractivity contribution < 1.29 is 9.53 Å². The van der Waals surface area contributed by atoms with E-state index in [1.807, 2.05) is 6.92 Å². The molecule has 0 saturated heterocycles. The van der Waals surface area contributed by atoms with Crippen molar-refractivity contribution in [3.8, 4) is 6.07 Å². The Bertz CT molecular complexity index is 451. The number of fused-ring (bicyclic) bond motifs is 2. The van der Waals surface area contributed by atoms with E-state index in [9.17, 15) is 10.1 Å². The summed E-state index contributed by atoms with van der Waals surface area (Å²) in [7, 11) is 0. The van der Waals surface area contributed by atoms with Crippen LogP contribution in [0.5, 0.6) is 0 Å². The summed E-state index contributed by atoms with van der Waals surface area (Å²) in [6.07, 6.45) is 4.22. The lowest BCUT2D eigenvalue weighted by molar-refractivity contribution is -0.161. The average Bonchev–Trinajstić information content (AvgIpc) is 3.02. The molecule has 3 heteroatoms. The number of hydrogen-bond acceptors (Lipinski definition) is 3. The molecule has 0 aromatic carbocycles. The van der Waals surface area contributed by atoms with Crippen LogP contribution in [-0.4, -0.2) is 12.6 Å². The first-order valence-corrected chi connectivity index (χ1v) is 8.84. The fourth-order valence-corrected chi connectivity index (χ4v) is 4.59. The van der Waals surface area contributed by atoms with Gasteiger partial charge in [-0.05, 0) is 62.2 Å². The van der Waals surface area contributed by atoms with E-state index in [1.165, 1.54) is 0 Å². The molecule has 0 spiro atoms. The number of nitriles is 1. The lowest BCUT2D eigenvalue weighted by atomic mass is 9.73. The van der Waals surface area contributed by atoms with E-state index in [0.717, 1.165) is 25.7 Å². The number of nitrogens with zero attached hydrogens (tertiary/aromatic N) is 1. The first-order valence-electron chi connectivity index (χ1n) is 8.84. The first-order chi connectivity index (χ1) is 10.3. The number of rotatable bonds is 6. The van der Waals surface area contributed by atoms with Gasteiger partial charge in [-0.2, -0.15) is 5.26 Å². The lowest BCUT2D eigenvalue weighted by Crippen LogP contribution is -2.37. The summed E-state index contributed by atoms with van der Waals surface area (Å²) in [5, 5.41) is 9.23. The van der Waals surface area contributed by atoms with Gasteiger partial charge >= 0.3 is 5.97 Å². The normalized spacial score (nSPS) is 33.0. The summed E-state index contributed by atoms with van der Waals surface area (Å²) < 4.78 is 5.75.